The Morgan fingerprint density at radius 1 is 1.11 bits per heavy atom. The molecule has 0 radical (unpaired) electrons. The molecule has 0 spiro atoms. The molecule has 246 valence electrons. The van der Waals surface area contributed by atoms with Gasteiger partial charge in [-0.1, -0.05) is 36.7 Å². The number of hydrogen-bond donors (Lipinski definition) is 1. The van der Waals surface area contributed by atoms with Crippen molar-refractivity contribution in [1.29, 1.82) is 0 Å². The van der Waals surface area contributed by atoms with E-state index in [1.807, 2.05) is 25.1 Å². The second-order valence-electron chi connectivity index (χ2n) is 13.4. The summed E-state index contributed by atoms with van der Waals surface area (Å²) in [5, 5.41) is -0.0524. The lowest BCUT2D eigenvalue weighted by atomic mass is 9.64. The van der Waals surface area contributed by atoms with Gasteiger partial charge in [0, 0.05) is 37.3 Å². The monoisotopic (exact) mass is 657 g/mol. The molecule has 1 aliphatic carbocycles. The minimum Gasteiger partial charge on any atom is -0.487 e. The van der Waals surface area contributed by atoms with E-state index in [1.165, 1.54) is 5.56 Å². The quantitative estimate of drug-likeness (QED) is 0.401. The predicted octanol–water partition coefficient (Wildman–Crippen LogP) is 6.08. The Bertz CT molecular complexity index is 1510. The van der Waals surface area contributed by atoms with Crippen LogP contribution in [0.15, 0.2) is 48.6 Å². The second kappa shape index (κ2) is 14.0. The highest BCUT2D eigenvalue weighted by atomic mass is 35.5. The van der Waals surface area contributed by atoms with E-state index in [0.717, 1.165) is 63.0 Å². The summed E-state index contributed by atoms with van der Waals surface area (Å²) in [6.45, 7) is 6.23. The van der Waals surface area contributed by atoms with Gasteiger partial charge < -0.3 is 19.3 Å². The van der Waals surface area contributed by atoms with Crippen molar-refractivity contribution in [2.24, 2.45) is 17.8 Å². The molecule has 1 saturated carbocycles. The molecule has 2 aromatic rings. The molecule has 2 aliphatic heterocycles. The first-order valence-electron chi connectivity index (χ1n) is 16.1. The standard InChI is InChI=1S/C35H48ClN3O5S/c1-24-9-8-17-35(43-5,23-38(3)4)31-15-12-28(31)21-39-18-7-6-10-26-19-30(36)14-11-29(26)22-44-33-16-13-27(20-32(33)39)34(40)37-45(41,42)25(24)2/h8,11,13-14,16-17,19-20,24-25,28,31H,6-7,9-10,12,15,18,21-23H2,1-5H3,(H,37,40)/b17-8+/t24-,25+,28-,31+,35-/m0/s1. The Morgan fingerprint density at radius 3 is 2.62 bits per heavy atom. The maximum atomic E-state index is 13.4. The molecule has 5 atom stereocenters. The number of nitrogens with one attached hydrogen (secondary N) is 1. The van der Waals surface area contributed by atoms with Crippen LogP contribution in [0.5, 0.6) is 5.75 Å². The minimum atomic E-state index is -3.93. The normalized spacial score (nSPS) is 29.7. The average Bonchev–Trinajstić information content (AvgIpc) is 3.00. The molecule has 5 rings (SSSR count). The van der Waals surface area contributed by atoms with Gasteiger partial charge >= 0.3 is 0 Å². The molecule has 2 bridgehead atoms. The number of amides is 1. The molecule has 0 unspecified atom stereocenters. The van der Waals surface area contributed by atoms with Crippen LogP contribution in [0.1, 0.15) is 67.4 Å². The van der Waals surface area contributed by atoms with Crippen LogP contribution in [0.4, 0.5) is 5.69 Å². The van der Waals surface area contributed by atoms with E-state index in [0.29, 0.717) is 35.3 Å². The van der Waals surface area contributed by atoms with Crippen molar-refractivity contribution < 1.29 is 22.7 Å². The first-order valence-corrected chi connectivity index (χ1v) is 18.1. The number of halogens is 1. The Labute approximate surface area is 274 Å². The van der Waals surface area contributed by atoms with Crippen LogP contribution in [0.25, 0.3) is 0 Å². The zero-order chi connectivity index (χ0) is 32.4. The van der Waals surface area contributed by atoms with Crippen LogP contribution < -0.4 is 14.4 Å². The number of nitrogens with zero attached hydrogens (tertiary/aromatic N) is 2. The van der Waals surface area contributed by atoms with Crippen LogP contribution in [0.3, 0.4) is 0 Å². The van der Waals surface area contributed by atoms with Crippen molar-refractivity contribution in [1.82, 2.24) is 9.62 Å². The fourth-order valence-corrected chi connectivity index (χ4v) is 8.61. The molecule has 2 heterocycles. The van der Waals surface area contributed by atoms with Crippen molar-refractivity contribution in [3.63, 3.8) is 0 Å². The molecular weight excluding hydrogens is 610 g/mol. The number of benzene rings is 2. The maximum absolute atomic E-state index is 13.4. The highest BCUT2D eigenvalue weighted by Gasteiger charge is 2.47. The number of anilines is 1. The molecule has 3 aliphatic rings. The summed E-state index contributed by atoms with van der Waals surface area (Å²) in [6.07, 6.45) is 9.77. The fraction of sp³-hybridized carbons (Fsp3) is 0.571. The van der Waals surface area contributed by atoms with E-state index >= 15 is 0 Å². The number of sulfonamides is 1. The van der Waals surface area contributed by atoms with Crippen molar-refractivity contribution >= 4 is 33.2 Å². The molecular formula is C35H48ClN3O5S. The smallest absolute Gasteiger partial charge is 0.264 e. The van der Waals surface area contributed by atoms with Crippen LogP contribution in [0, 0.1) is 17.8 Å². The third-order valence-corrected chi connectivity index (χ3v) is 12.3. The third kappa shape index (κ3) is 7.53. The third-order valence-electron chi connectivity index (χ3n) is 10.1. The number of fused-ring (bicyclic) bond motifs is 3. The number of allylic oxidation sites excluding steroid dienone is 1. The summed E-state index contributed by atoms with van der Waals surface area (Å²) < 4.78 is 42.0. The van der Waals surface area contributed by atoms with E-state index in [2.05, 4.69) is 40.8 Å². The lowest BCUT2D eigenvalue weighted by molar-refractivity contribution is -0.0860. The van der Waals surface area contributed by atoms with Gasteiger partial charge in [-0.05, 0) is 119 Å². The molecule has 1 amide bonds. The summed E-state index contributed by atoms with van der Waals surface area (Å²) in [5.41, 5.74) is 2.87. The zero-order valence-electron chi connectivity index (χ0n) is 27.2. The van der Waals surface area contributed by atoms with Crippen molar-refractivity contribution in [3.8, 4) is 5.75 Å². The highest BCUT2D eigenvalue weighted by molar-refractivity contribution is 7.90. The highest BCUT2D eigenvalue weighted by Crippen LogP contribution is 2.46. The molecule has 0 saturated heterocycles. The number of ether oxygens (including phenoxy) is 2. The molecule has 0 aromatic heterocycles. The summed E-state index contributed by atoms with van der Waals surface area (Å²) in [6, 6.07) is 11.2. The minimum absolute atomic E-state index is 0.209. The average molecular weight is 658 g/mol. The first-order chi connectivity index (χ1) is 21.4. The number of rotatable bonds is 3. The topological polar surface area (TPSA) is 88.2 Å². The second-order valence-corrected chi connectivity index (χ2v) is 15.9. The lowest BCUT2D eigenvalue weighted by Crippen LogP contribution is -2.55. The van der Waals surface area contributed by atoms with Gasteiger partial charge in [0.05, 0.1) is 10.9 Å². The Balaban J connectivity index is 1.59. The van der Waals surface area contributed by atoms with Gasteiger partial charge in [0.25, 0.3) is 5.91 Å². The van der Waals surface area contributed by atoms with Gasteiger partial charge in [-0.3, -0.25) is 4.79 Å². The van der Waals surface area contributed by atoms with Crippen LogP contribution in [-0.4, -0.2) is 70.9 Å². The summed E-state index contributed by atoms with van der Waals surface area (Å²) >= 11 is 6.35. The number of methoxy groups -OCH3 is 1. The van der Waals surface area contributed by atoms with Gasteiger partial charge in [0.15, 0.2) is 0 Å². The van der Waals surface area contributed by atoms with Crippen LogP contribution >= 0.6 is 11.6 Å². The van der Waals surface area contributed by atoms with Crippen molar-refractivity contribution in [3.05, 3.63) is 70.3 Å². The van der Waals surface area contributed by atoms with Crippen LogP contribution in [-0.2, 0) is 27.8 Å². The number of likely N-dealkylation sites (N-methyl/N-ethyl adjacent to an activating group) is 1. The van der Waals surface area contributed by atoms with Crippen molar-refractivity contribution in [2.45, 2.75) is 69.8 Å². The van der Waals surface area contributed by atoms with Crippen LogP contribution in [0.2, 0.25) is 5.02 Å². The van der Waals surface area contributed by atoms with E-state index in [4.69, 9.17) is 21.1 Å². The Hall–Kier alpha value is -2.59. The molecule has 2 aromatic carbocycles. The SMILES string of the molecule is CO[C@]1(CN(C)C)/C=C/C[C@H](C)[C@@H](C)S(=O)(=O)NC(=O)c2ccc3c(c2)N(CCCCc2cc(Cl)ccc2CO3)C[C@@H]2CC[C@H]21. The predicted molar refractivity (Wildman–Crippen MR) is 181 cm³/mol. The number of aryl methyl sites for hydroxylation is 1. The molecule has 1 fully saturated rings. The lowest BCUT2D eigenvalue weighted by Gasteiger charge is -2.50. The first kappa shape index (κ1) is 33.8. The van der Waals surface area contributed by atoms with Gasteiger partial charge in [-0.2, -0.15) is 0 Å². The van der Waals surface area contributed by atoms with Gasteiger partial charge in [-0.15, -0.1) is 0 Å². The van der Waals surface area contributed by atoms with E-state index in [1.54, 1.807) is 32.2 Å². The zero-order valence-corrected chi connectivity index (χ0v) is 28.8. The number of hydrogen-bond acceptors (Lipinski definition) is 7. The number of carbonyl (C=O) groups is 1. The molecule has 10 heteroatoms. The maximum Gasteiger partial charge on any atom is 0.264 e. The van der Waals surface area contributed by atoms with Crippen molar-refractivity contribution in [2.75, 3.05) is 45.7 Å². The Morgan fingerprint density at radius 2 is 1.91 bits per heavy atom. The van der Waals surface area contributed by atoms with Gasteiger partial charge in [-0.25, -0.2) is 13.1 Å². The summed E-state index contributed by atoms with van der Waals surface area (Å²) in [5.74, 6) is 0.484. The number of carbonyl (C=O) groups excluding carboxylic acids is 1. The summed E-state index contributed by atoms with van der Waals surface area (Å²) in [4.78, 5) is 18.0. The van der Waals surface area contributed by atoms with Gasteiger partial charge in [0.2, 0.25) is 10.0 Å². The van der Waals surface area contributed by atoms with E-state index in [-0.39, 0.29) is 11.8 Å². The van der Waals surface area contributed by atoms with E-state index in [9.17, 15) is 13.2 Å². The summed E-state index contributed by atoms with van der Waals surface area (Å²) in [7, 11) is 2.00. The molecule has 45 heavy (non-hydrogen) atoms. The fourth-order valence-electron chi connectivity index (χ4n) is 7.13. The largest absolute Gasteiger partial charge is 0.487 e. The molecule has 1 N–H and O–H groups in total. The molecule has 8 nitrogen and oxygen atoms in total. The van der Waals surface area contributed by atoms with Gasteiger partial charge in [0.1, 0.15) is 18.0 Å². The Kier molecular flexibility index (Phi) is 10.5. The van der Waals surface area contributed by atoms with E-state index < -0.39 is 26.8 Å².